The van der Waals surface area contributed by atoms with Gasteiger partial charge in [-0.3, -0.25) is 9.59 Å². The second-order valence-electron chi connectivity index (χ2n) is 8.13. The average Bonchev–Trinajstić information content (AvgIpc) is 3.25. The number of benzene rings is 2. The smallest absolute Gasteiger partial charge is 0.264 e. The summed E-state index contributed by atoms with van der Waals surface area (Å²) in [6.45, 7) is 2.86. The number of carbonyl (C=O) groups is 2. The Hall–Kier alpha value is -2.53. The van der Waals surface area contributed by atoms with E-state index in [-0.39, 0.29) is 17.7 Å². The molecule has 2 aromatic carbocycles. The van der Waals surface area contributed by atoms with E-state index in [1.807, 2.05) is 54.3 Å². The van der Waals surface area contributed by atoms with Gasteiger partial charge in [0.25, 0.3) is 5.91 Å². The van der Waals surface area contributed by atoms with Gasteiger partial charge in [-0.2, -0.15) is 0 Å². The molecule has 6 heteroatoms. The van der Waals surface area contributed by atoms with Crippen LogP contribution >= 0.6 is 11.6 Å². The van der Waals surface area contributed by atoms with Crippen molar-refractivity contribution in [1.82, 2.24) is 4.90 Å². The summed E-state index contributed by atoms with van der Waals surface area (Å²) in [5, 5.41) is 3.72. The number of nitrogens with one attached hydrogen (secondary N) is 1. The first-order chi connectivity index (χ1) is 14.5. The van der Waals surface area contributed by atoms with Crippen molar-refractivity contribution in [1.29, 1.82) is 0 Å². The molecule has 1 heterocycles. The third-order valence-electron chi connectivity index (χ3n) is 5.93. The lowest BCUT2D eigenvalue weighted by Gasteiger charge is -2.23. The van der Waals surface area contributed by atoms with Gasteiger partial charge in [0.05, 0.1) is 0 Å². The van der Waals surface area contributed by atoms with E-state index < -0.39 is 6.10 Å². The zero-order chi connectivity index (χ0) is 21.1. The molecule has 4 rings (SSSR count). The van der Waals surface area contributed by atoms with E-state index in [1.165, 1.54) is 0 Å². The molecular weight excluding hydrogens is 400 g/mol. The highest BCUT2D eigenvalue weighted by molar-refractivity contribution is 6.30. The van der Waals surface area contributed by atoms with E-state index in [9.17, 15) is 9.59 Å². The lowest BCUT2D eigenvalue weighted by molar-refractivity contribution is -0.139. The number of carbonyl (C=O) groups excluding carboxylic acids is 2. The van der Waals surface area contributed by atoms with E-state index in [1.54, 1.807) is 0 Å². The molecule has 5 nitrogen and oxygen atoms in total. The van der Waals surface area contributed by atoms with Gasteiger partial charge < -0.3 is 15.0 Å². The highest BCUT2D eigenvalue weighted by Crippen LogP contribution is 2.31. The molecule has 1 aliphatic carbocycles. The van der Waals surface area contributed by atoms with Gasteiger partial charge in [0.2, 0.25) is 5.91 Å². The Morgan fingerprint density at radius 3 is 2.60 bits per heavy atom. The maximum absolute atomic E-state index is 13.1. The zero-order valence-corrected chi connectivity index (χ0v) is 18.0. The van der Waals surface area contributed by atoms with Crippen molar-refractivity contribution in [3.05, 3.63) is 58.6 Å². The van der Waals surface area contributed by atoms with Crippen molar-refractivity contribution < 1.29 is 14.3 Å². The van der Waals surface area contributed by atoms with Gasteiger partial charge in [-0.05, 0) is 55.2 Å². The second kappa shape index (κ2) is 9.09. The van der Waals surface area contributed by atoms with E-state index in [0.717, 1.165) is 42.5 Å². The topological polar surface area (TPSA) is 58.6 Å². The predicted molar refractivity (Wildman–Crippen MR) is 117 cm³/mol. The number of hydrogen-bond donors (Lipinski definition) is 1. The molecule has 0 saturated heterocycles. The van der Waals surface area contributed by atoms with Crippen LogP contribution in [-0.4, -0.2) is 22.8 Å². The van der Waals surface area contributed by atoms with Gasteiger partial charge in [0.15, 0.2) is 6.10 Å². The molecule has 2 amide bonds. The Morgan fingerprint density at radius 1 is 1.17 bits per heavy atom. The fourth-order valence-corrected chi connectivity index (χ4v) is 4.35. The molecule has 1 fully saturated rings. The number of hydrogen-bond acceptors (Lipinski definition) is 3. The van der Waals surface area contributed by atoms with E-state index in [2.05, 4.69) is 5.32 Å². The standard InChI is InChI=1S/C24H27ClN2O3/c1-2-21-24(29)27(14-16-7-9-19(25)10-8-16)15-18-13-20(11-12-22(18)30-21)26-23(28)17-5-3-4-6-17/h7-13,17,21H,2-6,14-15H2,1H3,(H,26,28). The minimum Gasteiger partial charge on any atom is -0.480 e. The van der Waals surface area contributed by atoms with Crippen molar-refractivity contribution in [3.63, 3.8) is 0 Å². The molecule has 1 N–H and O–H groups in total. The fraction of sp³-hybridized carbons (Fsp3) is 0.417. The van der Waals surface area contributed by atoms with E-state index in [4.69, 9.17) is 16.3 Å². The Labute approximate surface area is 182 Å². The summed E-state index contributed by atoms with van der Waals surface area (Å²) in [5.41, 5.74) is 2.66. The number of fused-ring (bicyclic) bond motifs is 1. The zero-order valence-electron chi connectivity index (χ0n) is 17.2. The van der Waals surface area contributed by atoms with Gasteiger partial charge in [-0.25, -0.2) is 0 Å². The van der Waals surface area contributed by atoms with Gasteiger partial charge in [-0.15, -0.1) is 0 Å². The van der Waals surface area contributed by atoms with Crippen LogP contribution in [0.2, 0.25) is 5.02 Å². The molecule has 30 heavy (non-hydrogen) atoms. The lowest BCUT2D eigenvalue weighted by Crippen LogP contribution is -2.38. The van der Waals surface area contributed by atoms with E-state index >= 15 is 0 Å². The third kappa shape index (κ3) is 4.62. The summed E-state index contributed by atoms with van der Waals surface area (Å²) in [6.07, 6.45) is 4.24. The molecule has 2 aliphatic rings. The van der Waals surface area contributed by atoms with Crippen LogP contribution in [0.25, 0.3) is 0 Å². The summed E-state index contributed by atoms with van der Waals surface area (Å²) in [7, 11) is 0. The third-order valence-corrected chi connectivity index (χ3v) is 6.18. The van der Waals surface area contributed by atoms with Crippen LogP contribution < -0.4 is 10.1 Å². The predicted octanol–water partition coefficient (Wildman–Crippen LogP) is 5.17. The molecular formula is C24H27ClN2O3. The van der Waals surface area contributed by atoms with Gasteiger partial charge in [0.1, 0.15) is 5.75 Å². The SMILES string of the molecule is CCC1Oc2ccc(NC(=O)C3CCCC3)cc2CN(Cc2ccc(Cl)cc2)C1=O. The van der Waals surface area contributed by atoms with Crippen molar-refractivity contribution in [3.8, 4) is 5.75 Å². The number of ether oxygens (including phenoxy) is 1. The van der Waals surface area contributed by atoms with E-state index in [0.29, 0.717) is 30.3 Å². The largest absolute Gasteiger partial charge is 0.480 e. The molecule has 0 bridgehead atoms. The maximum atomic E-state index is 13.1. The molecule has 1 aliphatic heterocycles. The number of rotatable bonds is 5. The molecule has 0 aromatic heterocycles. The molecule has 1 atom stereocenters. The van der Waals surface area contributed by atoms with Crippen LogP contribution in [0.4, 0.5) is 5.69 Å². The Balaban J connectivity index is 1.56. The van der Waals surface area contributed by atoms with Gasteiger partial charge in [0, 0.05) is 35.3 Å². The van der Waals surface area contributed by atoms with Crippen LogP contribution in [0.5, 0.6) is 5.75 Å². The van der Waals surface area contributed by atoms with Crippen LogP contribution in [0.3, 0.4) is 0 Å². The highest BCUT2D eigenvalue weighted by Gasteiger charge is 2.30. The van der Waals surface area contributed by atoms with Crippen molar-refractivity contribution in [2.24, 2.45) is 5.92 Å². The summed E-state index contributed by atoms with van der Waals surface area (Å²) >= 11 is 5.99. The average molecular weight is 427 g/mol. The normalized spacial score (nSPS) is 19.2. The molecule has 1 unspecified atom stereocenters. The summed E-state index contributed by atoms with van der Waals surface area (Å²) in [5.74, 6) is 0.864. The summed E-state index contributed by atoms with van der Waals surface area (Å²) in [4.78, 5) is 27.4. The second-order valence-corrected chi connectivity index (χ2v) is 8.57. The lowest BCUT2D eigenvalue weighted by atomic mass is 10.1. The minimum absolute atomic E-state index is 0.0276. The van der Waals surface area contributed by atoms with Crippen molar-refractivity contribution in [2.75, 3.05) is 5.32 Å². The molecule has 1 saturated carbocycles. The van der Waals surface area contributed by atoms with Crippen LogP contribution in [-0.2, 0) is 22.7 Å². The first-order valence-corrected chi connectivity index (χ1v) is 11.0. The van der Waals surface area contributed by atoms with Crippen molar-refractivity contribution >= 4 is 29.1 Å². The molecule has 2 aromatic rings. The Bertz CT molecular complexity index is 923. The van der Waals surface area contributed by atoms with Crippen LogP contribution in [0, 0.1) is 5.92 Å². The quantitative estimate of drug-likeness (QED) is 0.717. The Kier molecular flexibility index (Phi) is 6.28. The maximum Gasteiger partial charge on any atom is 0.264 e. The first kappa shape index (κ1) is 20.7. The highest BCUT2D eigenvalue weighted by atomic mass is 35.5. The number of anilines is 1. The minimum atomic E-state index is -0.516. The first-order valence-electron chi connectivity index (χ1n) is 10.7. The van der Waals surface area contributed by atoms with Gasteiger partial charge in [-0.1, -0.05) is 43.5 Å². The Morgan fingerprint density at radius 2 is 1.90 bits per heavy atom. The number of nitrogens with zero attached hydrogens (tertiary/aromatic N) is 1. The van der Waals surface area contributed by atoms with Gasteiger partial charge >= 0.3 is 0 Å². The van der Waals surface area contributed by atoms with Crippen LogP contribution in [0.1, 0.15) is 50.2 Å². The monoisotopic (exact) mass is 426 g/mol. The number of amides is 2. The molecule has 0 radical (unpaired) electrons. The summed E-state index contributed by atoms with van der Waals surface area (Å²) < 4.78 is 6.04. The fourth-order valence-electron chi connectivity index (χ4n) is 4.22. The van der Waals surface area contributed by atoms with Crippen LogP contribution in [0.15, 0.2) is 42.5 Å². The molecule has 0 spiro atoms. The van der Waals surface area contributed by atoms with Crippen molar-refractivity contribution in [2.45, 2.75) is 58.2 Å². The molecule has 158 valence electrons. The number of halogens is 1. The summed E-state index contributed by atoms with van der Waals surface area (Å²) in [6, 6.07) is 13.2.